The van der Waals surface area contributed by atoms with Gasteiger partial charge in [-0.15, -0.1) is 0 Å². The lowest BCUT2D eigenvalue weighted by atomic mass is 10.2. The molecule has 68 valence electrons. The fraction of sp³-hybridized carbons (Fsp3) is 0.250. The maximum absolute atomic E-state index is 5.63. The Morgan fingerprint density at radius 2 is 2.38 bits per heavy atom. The van der Waals surface area contributed by atoms with Gasteiger partial charge in [-0.25, -0.2) is 0 Å². The molecule has 5 heteroatoms. The van der Waals surface area contributed by atoms with Crippen LogP contribution >= 0.6 is 0 Å². The van der Waals surface area contributed by atoms with E-state index in [0.717, 1.165) is 12.1 Å². The largest absolute Gasteiger partial charge is 0.394 e. The van der Waals surface area contributed by atoms with Crippen molar-refractivity contribution in [1.29, 1.82) is 0 Å². The van der Waals surface area contributed by atoms with Crippen molar-refractivity contribution in [2.24, 2.45) is 0 Å². The SMILES string of the molecule is CCn1cc(-c2oncc2N)cn1. The Balaban J connectivity index is 2.41. The lowest BCUT2D eigenvalue weighted by Gasteiger charge is -1.91. The fourth-order valence-electron chi connectivity index (χ4n) is 1.12. The second-order valence-corrected chi connectivity index (χ2v) is 2.69. The molecule has 2 N–H and O–H groups in total. The van der Waals surface area contributed by atoms with Crippen LogP contribution in [0, 0.1) is 0 Å². The van der Waals surface area contributed by atoms with Gasteiger partial charge in [0.05, 0.1) is 18.0 Å². The molecule has 2 aromatic heterocycles. The number of nitrogens with zero attached hydrogens (tertiary/aromatic N) is 3. The standard InChI is InChI=1S/C8H10N4O/c1-2-12-5-6(3-10-12)8-7(9)4-11-13-8/h3-5H,2,9H2,1H3. The molecule has 0 aliphatic rings. The van der Waals surface area contributed by atoms with E-state index in [4.69, 9.17) is 10.3 Å². The van der Waals surface area contributed by atoms with Gasteiger partial charge in [0.15, 0.2) is 5.76 Å². The van der Waals surface area contributed by atoms with Crippen molar-refractivity contribution >= 4 is 5.69 Å². The highest BCUT2D eigenvalue weighted by atomic mass is 16.5. The normalized spacial score (nSPS) is 10.5. The van der Waals surface area contributed by atoms with E-state index in [0.29, 0.717) is 11.4 Å². The highest BCUT2D eigenvalue weighted by Gasteiger charge is 2.09. The monoisotopic (exact) mass is 178 g/mol. The van der Waals surface area contributed by atoms with Crippen LogP contribution in [0.4, 0.5) is 5.69 Å². The Bertz CT molecular complexity index is 404. The quantitative estimate of drug-likeness (QED) is 0.748. The lowest BCUT2D eigenvalue weighted by Crippen LogP contribution is -1.92. The second kappa shape index (κ2) is 2.93. The molecule has 0 aliphatic heterocycles. The summed E-state index contributed by atoms with van der Waals surface area (Å²) in [5, 5.41) is 7.70. The van der Waals surface area contributed by atoms with Crippen LogP contribution in [0.5, 0.6) is 0 Å². The van der Waals surface area contributed by atoms with Gasteiger partial charge in [0.1, 0.15) is 5.69 Å². The highest BCUT2D eigenvalue weighted by molar-refractivity contribution is 5.68. The number of hydrogen-bond acceptors (Lipinski definition) is 4. The van der Waals surface area contributed by atoms with E-state index >= 15 is 0 Å². The van der Waals surface area contributed by atoms with Gasteiger partial charge in [0.25, 0.3) is 0 Å². The first-order valence-corrected chi connectivity index (χ1v) is 4.04. The zero-order chi connectivity index (χ0) is 9.26. The van der Waals surface area contributed by atoms with E-state index < -0.39 is 0 Å². The topological polar surface area (TPSA) is 69.9 Å². The summed E-state index contributed by atoms with van der Waals surface area (Å²) in [6, 6.07) is 0. The summed E-state index contributed by atoms with van der Waals surface area (Å²) in [6.45, 7) is 2.84. The number of nitrogen functional groups attached to an aromatic ring is 1. The van der Waals surface area contributed by atoms with Crippen molar-refractivity contribution in [2.45, 2.75) is 13.5 Å². The van der Waals surface area contributed by atoms with E-state index in [1.165, 1.54) is 6.20 Å². The van der Waals surface area contributed by atoms with Gasteiger partial charge in [-0.2, -0.15) is 5.10 Å². The van der Waals surface area contributed by atoms with E-state index in [-0.39, 0.29) is 0 Å². The predicted octanol–water partition coefficient (Wildman–Crippen LogP) is 1.14. The Kier molecular flexibility index (Phi) is 1.77. The van der Waals surface area contributed by atoms with E-state index in [9.17, 15) is 0 Å². The second-order valence-electron chi connectivity index (χ2n) is 2.69. The van der Waals surface area contributed by atoms with Gasteiger partial charge >= 0.3 is 0 Å². The molecular weight excluding hydrogens is 168 g/mol. The first-order chi connectivity index (χ1) is 6.31. The van der Waals surface area contributed by atoms with Gasteiger partial charge in [-0.3, -0.25) is 4.68 Å². The first kappa shape index (κ1) is 7.85. The maximum Gasteiger partial charge on any atom is 0.192 e. The van der Waals surface area contributed by atoms with Crippen LogP contribution < -0.4 is 5.73 Å². The molecule has 0 radical (unpaired) electrons. The first-order valence-electron chi connectivity index (χ1n) is 4.04. The van der Waals surface area contributed by atoms with Crippen LogP contribution in [0.3, 0.4) is 0 Å². The average Bonchev–Trinajstić information content (AvgIpc) is 2.71. The number of rotatable bonds is 2. The number of aromatic nitrogens is 3. The van der Waals surface area contributed by atoms with Gasteiger partial charge in [0, 0.05) is 12.7 Å². The number of aryl methyl sites for hydroxylation is 1. The third-order valence-electron chi connectivity index (χ3n) is 1.82. The van der Waals surface area contributed by atoms with Crippen molar-refractivity contribution in [3.8, 4) is 11.3 Å². The summed E-state index contributed by atoms with van der Waals surface area (Å²) in [6.07, 6.45) is 5.07. The molecule has 0 saturated heterocycles. The summed E-state index contributed by atoms with van der Waals surface area (Å²) in [7, 11) is 0. The van der Waals surface area contributed by atoms with Crippen LogP contribution in [0.2, 0.25) is 0 Å². The van der Waals surface area contributed by atoms with Crippen LogP contribution in [0.1, 0.15) is 6.92 Å². The summed E-state index contributed by atoms with van der Waals surface area (Å²) < 4.78 is 6.78. The van der Waals surface area contributed by atoms with Crippen LogP contribution in [-0.4, -0.2) is 14.9 Å². The molecule has 0 atom stereocenters. The molecular formula is C8H10N4O. The fourth-order valence-corrected chi connectivity index (χ4v) is 1.12. The smallest absolute Gasteiger partial charge is 0.192 e. The molecule has 0 saturated carbocycles. The molecule has 13 heavy (non-hydrogen) atoms. The molecule has 0 fully saturated rings. The Morgan fingerprint density at radius 1 is 1.54 bits per heavy atom. The molecule has 0 aromatic carbocycles. The number of anilines is 1. The van der Waals surface area contributed by atoms with Crippen LogP contribution in [0.25, 0.3) is 11.3 Å². The summed E-state index contributed by atoms with van der Waals surface area (Å²) in [5.41, 5.74) is 7.03. The Hall–Kier alpha value is -1.78. The number of hydrogen-bond donors (Lipinski definition) is 1. The van der Waals surface area contributed by atoms with E-state index in [2.05, 4.69) is 10.3 Å². The molecule has 0 amide bonds. The van der Waals surface area contributed by atoms with Crippen molar-refractivity contribution in [2.75, 3.05) is 5.73 Å². The Morgan fingerprint density at radius 3 is 2.92 bits per heavy atom. The minimum Gasteiger partial charge on any atom is -0.394 e. The van der Waals surface area contributed by atoms with Gasteiger partial charge in [-0.05, 0) is 6.92 Å². The van der Waals surface area contributed by atoms with Gasteiger partial charge < -0.3 is 10.3 Å². The maximum atomic E-state index is 5.63. The molecule has 5 nitrogen and oxygen atoms in total. The summed E-state index contributed by atoms with van der Waals surface area (Å²) >= 11 is 0. The molecule has 2 aromatic rings. The van der Waals surface area contributed by atoms with Crippen molar-refractivity contribution in [3.63, 3.8) is 0 Å². The van der Waals surface area contributed by atoms with Gasteiger partial charge in [-0.1, -0.05) is 5.16 Å². The molecule has 2 rings (SSSR count). The van der Waals surface area contributed by atoms with E-state index in [1.807, 2.05) is 13.1 Å². The summed E-state index contributed by atoms with van der Waals surface area (Å²) in [4.78, 5) is 0. The predicted molar refractivity (Wildman–Crippen MR) is 47.8 cm³/mol. The third-order valence-corrected chi connectivity index (χ3v) is 1.82. The zero-order valence-corrected chi connectivity index (χ0v) is 7.27. The molecule has 0 bridgehead atoms. The minimum absolute atomic E-state index is 0.538. The molecule has 0 unspecified atom stereocenters. The summed E-state index contributed by atoms with van der Waals surface area (Å²) in [5.74, 6) is 0.583. The zero-order valence-electron chi connectivity index (χ0n) is 7.27. The van der Waals surface area contributed by atoms with Crippen molar-refractivity contribution < 1.29 is 4.52 Å². The van der Waals surface area contributed by atoms with Gasteiger partial charge in [0.2, 0.25) is 0 Å². The molecule has 0 spiro atoms. The highest BCUT2D eigenvalue weighted by Crippen LogP contribution is 2.24. The molecule has 0 aliphatic carbocycles. The average molecular weight is 178 g/mol. The third kappa shape index (κ3) is 1.28. The van der Waals surface area contributed by atoms with Crippen molar-refractivity contribution in [3.05, 3.63) is 18.6 Å². The van der Waals surface area contributed by atoms with Crippen LogP contribution in [0.15, 0.2) is 23.1 Å². The minimum atomic E-state index is 0.538. The molecule has 2 heterocycles. The van der Waals surface area contributed by atoms with E-state index in [1.54, 1.807) is 10.9 Å². The lowest BCUT2D eigenvalue weighted by molar-refractivity contribution is 0.432. The van der Waals surface area contributed by atoms with Crippen LogP contribution in [-0.2, 0) is 6.54 Å². The number of nitrogens with two attached hydrogens (primary N) is 1. The Labute approximate surface area is 75.1 Å². The van der Waals surface area contributed by atoms with Crippen molar-refractivity contribution in [1.82, 2.24) is 14.9 Å².